The van der Waals surface area contributed by atoms with E-state index in [4.69, 9.17) is 0 Å². The summed E-state index contributed by atoms with van der Waals surface area (Å²) in [5, 5.41) is 0. The van der Waals surface area contributed by atoms with Crippen molar-refractivity contribution in [1.82, 2.24) is 9.97 Å². The van der Waals surface area contributed by atoms with Crippen LogP contribution in [-0.2, 0) is 6.42 Å². The van der Waals surface area contributed by atoms with Gasteiger partial charge in [0.2, 0.25) is 0 Å². The molecule has 1 N–H and O–H groups in total. The van der Waals surface area contributed by atoms with Gasteiger partial charge in [-0.3, -0.25) is 9.78 Å². The molecule has 1 aromatic rings. The molecule has 3 heteroatoms. The molecule has 60 valence electrons. The monoisotopic (exact) mass is 152 g/mol. The summed E-state index contributed by atoms with van der Waals surface area (Å²) in [5.74, 6) is 0. The van der Waals surface area contributed by atoms with Crippen LogP contribution < -0.4 is 5.56 Å². The standard InChI is InChI=1S/C8H12N2O/c1-4-7-8(11)10-6(3)5(2)9-7/h4H2,1-3H3,(H,10,11). The van der Waals surface area contributed by atoms with Gasteiger partial charge < -0.3 is 4.98 Å². The summed E-state index contributed by atoms with van der Waals surface area (Å²) in [6, 6.07) is 0. The number of aryl methyl sites for hydroxylation is 3. The highest BCUT2D eigenvalue weighted by Gasteiger charge is 2.00. The molecule has 0 fully saturated rings. The predicted molar refractivity (Wildman–Crippen MR) is 43.7 cm³/mol. The predicted octanol–water partition coefficient (Wildman–Crippen LogP) is 0.949. The Hall–Kier alpha value is -1.12. The molecular weight excluding hydrogens is 140 g/mol. The summed E-state index contributed by atoms with van der Waals surface area (Å²) in [5.41, 5.74) is 2.32. The number of rotatable bonds is 1. The van der Waals surface area contributed by atoms with E-state index in [0.717, 1.165) is 11.4 Å². The maximum Gasteiger partial charge on any atom is 0.269 e. The number of hydrogen-bond donors (Lipinski definition) is 1. The molecule has 0 saturated heterocycles. The van der Waals surface area contributed by atoms with Gasteiger partial charge in [0.1, 0.15) is 5.69 Å². The van der Waals surface area contributed by atoms with E-state index >= 15 is 0 Å². The van der Waals surface area contributed by atoms with Gasteiger partial charge in [-0.05, 0) is 20.3 Å². The van der Waals surface area contributed by atoms with Crippen LogP contribution in [0.1, 0.15) is 24.0 Å². The minimum absolute atomic E-state index is 0.0596. The zero-order chi connectivity index (χ0) is 8.43. The molecule has 11 heavy (non-hydrogen) atoms. The molecule has 1 rings (SSSR count). The Bertz CT molecular complexity index is 314. The van der Waals surface area contributed by atoms with Gasteiger partial charge in [0.15, 0.2) is 0 Å². The van der Waals surface area contributed by atoms with E-state index in [1.54, 1.807) is 0 Å². The Morgan fingerprint density at radius 3 is 2.64 bits per heavy atom. The summed E-state index contributed by atoms with van der Waals surface area (Å²) in [6.45, 7) is 5.67. The first-order valence-electron chi connectivity index (χ1n) is 3.71. The zero-order valence-corrected chi connectivity index (χ0v) is 7.06. The Labute approximate surface area is 65.5 Å². The molecule has 0 spiro atoms. The average molecular weight is 152 g/mol. The van der Waals surface area contributed by atoms with Gasteiger partial charge in [0.25, 0.3) is 5.56 Å². The summed E-state index contributed by atoms with van der Waals surface area (Å²) in [4.78, 5) is 18.0. The topological polar surface area (TPSA) is 45.8 Å². The first kappa shape index (κ1) is 7.98. The third kappa shape index (κ3) is 1.48. The number of hydrogen-bond acceptors (Lipinski definition) is 2. The number of nitrogens with one attached hydrogen (secondary N) is 1. The highest BCUT2D eigenvalue weighted by molar-refractivity contribution is 5.10. The van der Waals surface area contributed by atoms with Gasteiger partial charge >= 0.3 is 0 Å². The van der Waals surface area contributed by atoms with Gasteiger partial charge in [-0.1, -0.05) is 6.92 Å². The van der Waals surface area contributed by atoms with Gasteiger partial charge in [-0.2, -0.15) is 0 Å². The van der Waals surface area contributed by atoms with Gasteiger partial charge in [-0.25, -0.2) is 0 Å². The van der Waals surface area contributed by atoms with Crippen molar-refractivity contribution in [2.24, 2.45) is 0 Å². The van der Waals surface area contributed by atoms with Crippen LogP contribution in [0.3, 0.4) is 0 Å². The van der Waals surface area contributed by atoms with E-state index < -0.39 is 0 Å². The lowest BCUT2D eigenvalue weighted by Gasteiger charge is -2.00. The van der Waals surface area contributed by atoms with Gasteiger partial charge in [0, 0.05) is 5.69 Å². The zero-order valence-electron chi connectivity index (χ0n) is 7.06. The fourth-order valence-corrected chi connectivity index (χ4v) is 0.910. The van der Waals surface area contributed by atoms with Crippen molar-refractivity contribution in [3.05, 3.63) is 27.4 Å². The van der Waals surface area contributed by atoms with E-state index in [1.165, 1.54) is 0 Å². The molecule has 0 bridgehead atoms. The molecule has 1 aromatic heterocycles. The maximum absolute atomic E-state index is 11.1. The quantitative estimate of drug-likeness (QED) is 0.651. The Balaban J connectivity index is 3.32. The van der Waals surface area contributed by atoms with Crippen LogP contribution >= 0.6 is 0 Å². The van der Waals surface area contributed by atoms with E-state index in [2.05, 4.69) is 9.97 Å². The van der Waals surface area contributed by atoms with Crippen molar-refractivity contribution in [2.75, 3.05) is 0 Å². The summed E-state index contributed by atoms with van der Waals surface area (Å²) >= 11 is 0. The second-order valence-corrected chi connectivity index (χ2v) is 2.58. The fraction of sp³-hybridized carbons (Fsp3) is 0.500. The molecular formula is C8H12N2O. The first-order valence-corrected chi connectivity index (χ1v) is 3.71. The molecule has 0 atom stereocenters. The molecule has 0 unspecified atom stereocenters. The molecule has 0 saturated carbocycles. The molecule has 0 aromatic carbocycles. The average Bonchev–Trinajstić information content (AvgIpc) is 1.97. The number of aromatic nitrogens is 2. The molecule has 0 aliphatic rings. The van der Waals surface area contributed by atoms with Crippen molar-refractivity contribution in [1.29, 1.82) is 0 Å². The molecule has 0 aliphatic heterocycles. The Kier molecular flexibility index (Phi) is 2.08. The van der Waals surface area contributed by atoms with E-state index in [-0.39, 0.29) is 5.56 Å². The minimum Gasteiger partial charge on any atom is -0.323 e. The van der Waals surface area contributed by atoms with E-state index in [9.17, 15) is 4.79 Å². The molecule has 0 radical (unpaired) electrons. The van der Waals surface area contributed by atoms with Crippen LogP contribution in [0.25, 0.3) is 0 Å². The number of aromatic amines is 1. The lowest BCUT2D eigenvalue weighted by Crippen LogP contribution is -2.16. The van der Waals surface area contributed by atoms with E-state index in [0.29, 0.717) is 12.1 Å². The van der Waals surface area contributed by atoms with Crippen LogP contribution in [0.4, 0.5) is 0 Å². The summed E-state index contributed by atoms with van der Waals surface area (Å²) in [7, 11) is 0. The van der Waals surface area contributed by atoms with Crippen molar-refractivity contribution in [3.8, 4) is 0 Å². The van der Waals surface area contributed by atoms with Gasteiger partial charge in [0.05, 0.1) is 5.69 Å². The SMILES string of the molecule is CCc1nc(C)c(C)[nH]c1=O. The minimum atomic E-state index is -0.0596. The molecule has 1 heterocycles. The van der Waals surface area contributed by atoms with Crippen LogP contribution in [-0.4, -0.2) is 9.97 Å². The van der Waals surface area contributed by atoms with Crippen molar-refractivity contribution in [3.63, 3.8) is 0 Å². The Morgan fingerprint density at radius 2 is 2.09 bits per heavy atom. The smallest absolute Gasteiger partial charge is 0.269 e. The molecule has 0 amide bonds. The second-order valence-electron chi connectivity index (χ2n) is 2.58. The fourth-order valence-electron chi connectivity index (χ4n) is 0.910. The molecule has 0 aliphatic carbocycles. The van der Waals surface area contributed by atoms with Crippen molar-refractivity contribution >= 4 is 0 Å². The van der Waals surface area contributed by atoms with Crippen LogP contribution in [0.15, 0.2) is 4.79 Å². The second kappa shape index (κ2) is 2.86. The van der Waals surface area contributed by atoms with Gasteiger partial charge in [-0.15, -0.1) is 0 Å². The third-order valence-electron chi connectivity index (χ3n) is 1.74. The van der Waals surface area contributed by atoms with Crippen molar-refractivity contribution < 1.29 is 0 Å². The van der Waals surface area contributed by atoms with Crippen LogP contribution in [0, 0.1) is 13.8 Å². The maximum atomic E-state index is 11.1. The summed E-state index contributed by atoms with van der Waals surface area (Å²) < 4.78 is 0. The van der Waals surface area contributed by atoms with Crippen LogP contribution in [0.5, 0.6) is 0 Å². The molecule has 3 nitrogen and oxygen atoms in total. The first-order chi connectivity index (χ1) is 5.15. The van der Waals surface area contributed by atoms with Crippen molar-refractivity contribution in [2.45, 2.75) is 27.2 Å². The number of nitrogens with zero attached hydrogens (tertiary/aromatic N) is 1. The lowest BCUT2D eigenvalue weighted by molar-refractivity contribution is 0.908. The normalized spacial score (nSPS) is 10.1. The summed E-state index contributed by atoms with van der Waals surface area (Å²) in [6.07, 6.45) is 0.691. The lowest BCUT2D eigenvalue weighted by atomic mass is 10.3. The largest absolute Gasteiger partial charge is 0.323 e. The third-order valence-corrected chi connectivity index (χ3v) is 1.74. The Morgan fingerprint density at radius 1 is 1.45 bits per heavy atom. The highest BCUT2D eigenvalue weighted by atomic mass is 16.1. The highest BCUT2D eigenvalue weighted by Crippen LogP contribution is 1.96. The van der Waals surface area contributed by atoms with E-state index in [1.807, 2.05) is 20.8 Å². The van der Waals surface area contributed by atoms with Crippen LogP contribution in [0.2, 0.25) is 0 Å². The number of H-pyrrole nitrogens is 1.